The third kappa shape index (κ3) is 5.20. The minimum Gasteiger partial charge on any atom is -0.467 e. The van der Waals surface area contributed by atoms with Gasteiger partial charge in [-0.3, -0.25) is 4.79 Å². The molecular formula is C30H26BrNO3. The molecule has 4 nitrogen and oxygen atoms in total. The number of ether oxygens (including phenoxy) is 1. The van der Waals surface area contributed by atoms with E-state index in [4.69, 9.17) is 4.74 Å². The number of hydrogen-bond acceptors (Lipinski definition) is 3. The fraction of sp³-hybridized carbons (Fsp3) is 0.133. The van der Waals surface area contributed by atoms with Crippen LogP contribution >= 0.6 is 15.9 Å². The SMILES string of the molecule is COC(=O)[C@H](Cc1ccc(Br)cc1)NC(=O)C(c1ccccc1)(c1ccccc1)c1ccccc1. The molecule has 0 aromatic heterocycles. The van der Waals surface area contributed by atoms with Crippen LogP contribution in [0.4, 0.5) is 0 Å². The summed E-state index contributed by atoms with van der Waals surface area (Å²) < 4.78 is 6.02. The Hall–Kier alpha value is -3.70. The molecule has 0 spiro atoms. The van der Waals surface area contributed by atoms with Gasteiger partial charge in [0, 0.05) is 10.9 Å². The van der Waals surface area contributed by atoms with Crippen LogP contribution in [-0.2, 0) is 26.2 Å². The Bertz CT molecular complexity index is 1160. The standard InChI is InChI=1S/C30H26BrNO3/c1-35-28(33)27(21-22-17-19-26(31)20-18-22)32-29(34)30(23-11-5-2-6-12-23,24-13-7-3-8-14-24)25-15-9-4-10-16-25/h2-20,27H,21H2,1H3,(H,32,34)/t27-/m0/s1. The number of carbonyl (C=O) groups excluding carboxylic acids is 2. The summed E-state index contributed by atoms with van der Waals surface area (Å²) in [5.41, 5.74) is 2.16. The van der Waals surface area contributed by atoms with E-state index in [0.29, 0.717) is 6.42 Å². The molecule has 4 aromatic rings. The number of carbonyl (C=O) groups is 2. The molecule has 176 valence electrons. The van der Waals surface area contributed by atoms with Gasteiger partial charge in [-0.1, -0.05) is 119 Å². The maximum Gasteiger partial charge on any atom is 0.328 e. The first-order valence-corrected chi connectivity index (χ1v) is 12.1. The Morgan fingerprint density at radius 3 is 1.57 bits per heavy atom. The zero-order valence-electron chi connectivity index (χ0n) is 19.4. The second-order valence-electron chi connectivity index (χ2n) is 8.23. The molecule has 0 heterocycles. The summed E-state index contributed by atoms with van der Waals surface area (Å²) in [5.74, 6) is -0.794. The predicted molar refractivity (Wildman–Crippen MR) is 141 cm³/mol. The first-order valence-electron chi connectivity index (χ1n) is 11.4. The van der Waals surface area contributed by atoms with E-state index in [2.05, 4.69) is 21.2 Å². The molecule has 0 aliphatic rings. The van der Waals surface area contributed by atoms with E-state index < -0.39 is 17.4 Å². The Kier molecular flexibility index (Phi) is 7.78. The molecule has 0 aliphatic heterocycles. The number of amides is 1. The lowest BCUT2D eigenvalue weighted by molar-refractivity contribution is -0.145. The highest BCUT2D eigenvalue weighted by molar-refractivity contribution is 9.10. The second kappa shape index (κ2) is 11.2. The zero-order valence-corrected chi connectivity index (χ0v) is 20.9. The van der Waals surface area contributed by atoms with E-state index in [1.807, 2.05) is 115 Å². The van der Waals surface area contributed by atoms with E-state index in [9.17, 15) is 9.59 Å². The number of nitrogens with one attached hydrogen (secondary N) is 1. The molecule has 1 atom stereocenters. The first-order chi connectivity index (χ1) is 17.1. The summed E-state index contributed by atoms with van der Waals surface area (Å²) in [6.07, 6.45) is 0.306. The summed E-state index contributed by atoms with van der Waals surface area (Å²) in [7, 11) is 1.34. The maximum absolute atomic E-state index is 14.4. The third-order valence-corrected chi connectivity index (χ3v) is 6.63. The Balaban J connectivity index is 1.84. The van der Waals surface area contributed by atoms with Gasteiger partial charge in [-0.15, -0.1) is 0 Å². The van der Waals surface area contributed by atoms with Crippen molar-refractivity contribution in [3.8, 4) is 0 Å². The smallest absolute Gasteiger partial charge is 0.328 e. The quantitative estimate of drug-likeness (QED) is 0.236. The Morgan fingerprint density at radius 2 is 1.17 bits per heavy atom. The lowest BCUT2D eigenvalue weighted by Gasteiger charge is -2.35. The predicted octanol–water partition coefficient (Wildman–Crippen LogP) is 5.68. The van der Waals surface area contributed by atoms with Gasteiger partial charge >= 0.3 is 5.97 Å². The largest absolute Gasteiger partial charge is 0.467 e. The highest BCUT2D eigenvalue weighted by Gasteiger charge is 2.45. The van der Waals surface area contributed by atoms with E-state index in [0.717, 1.165) is 26.7 Å². The van der Waals surface area contributed by atoms with E-state index >= 15 is 0 Å². The van der Waals surface area contributed by atoms with Gasteiger partial charge in [0.2, 0.25) is 5.91 Å². The minimum atomic E-state index is -1.17. The van der Waals surface area contributed by atoms with Crippen molar-refractivity contribution < 1.29 is 14.3 Å². The molecule has 0 radical (unpaired) electrons. The average Bonchev–Trinajstić information content (AvgIpc) is 2.91. The maximum atomic E-state index is 14.4. The van der Waals surface area contributed by atoms with Gasteiger partial charge in [-0.2, -0.15) is 0 Å². The zero-order chi connectivity index (χ0) is 24.7. The summed E-state index contributed by atoms with van der Waals surface area (Å²) in [4.78, 5) is 27.2. The van der Waals surface area contributed by atoms with Crippen LogP contribution in [0.2, 0.25) is 0 Å². The van der Waals surface area contributed by atoms with Crippen LogP contribution in [0, 0.1) is 0 Å². The van der Waals surface area contributed by atoms with Crippen LogP contribution in [0.15, 0.2) is 120 Å². The van der Waals surface area contributed by atoms with Crippen molar-refractivity contribution in [3.05, 3.63) is 142 Å². The van der Waals surface area contributed by atoms with Gasteiger partial charge in [-0.25, -0.2) is 4.79 Å². The summed E-state index contributed by atoms with van der Waals surface area (Å²) >= 11 is 3.44. The molecule has 5 heteroatoms. The number of halogens is 1. The van der Waals surface area contributed by atoms with E-state index in [1.54, 1.807) is 0 Å². The lowest BCUT2D eigenvalue weighted by atomic mass is 9.68. The lowest BCUT2D eigenvalue weighted by Crippen LogP contribution is -2.52. The van der Waals surface area contributed by atoms with Crippen LogP contribution in [0.5, 0.6) is 0 Å². The second-order valence-corrected chi connectivity index (χ2v) is 9.14. The molecule has 0 fully saturated rings. The average molecular weight is 528 g/mol. The van der Waals surface area contributed by atoms with Crippen LogP contribution in [0.3, 0.4) is 0 Å². The fourth-order valence-electron chi connectivity index (χ4n) is 4.42. The highest BCUT2D eigenvalue weighted by atomic mass is 79.9. The minimum absolute atomic E-state index is 0.298. The molecule has 1 N–H and O–H groups in total. The van der Waals surface area contributed by atoms with Crippen molar-refractivity contribution in [2.75, 3.05) is 7.11 Å². The van der Waals surface area contributed by atoms with Gasteiger partial charge in [0.05, 0.1) is 7.11 Å². The first kappa shape index (κ1) is 24.4. The Labute approximate surface area is 214 Å². The van der Waals surface area contributed by atoms with Gasteiger partial charge in [0.1, 0.15) is 11.5 Å². The number of benzene rings is 4. The van der Waals surface area contributed by atoms with Crippen molar-refractivity contribution >= 4 is 27.8 Å². The van der Waals surface area contributed by atoms with Crippen molar-refractivity contribution in [1.82, 2.24) is 5.32 Å². The highest BCUT2D eigenvalue weighted by Crippen LogP contribution is 2.39. The van der Waals surface area contributed by atoms with Gasteiger partial charge in [0.15, 0.2) is 0 Å². The molecule has 0 bridgehead atoms. The monoisotopic (exact) mass is 527 g/mol. The summed E-state index contributed by atoms with van der Waals surface area (Å²) in [6, 6.07) is 35.8. The number of hydrogen-bond donors (Lipinski definition) is 1. The van der Waals surface area contributed by atoms with Crippen LogP contribution < -0.4 is 5.32 Å². The number of methoxy groups -OCH3 is 1. The van der Waals surface area contributed by atoms with Crippen molar-refractivity contribution in [1.29, 1.82) is 0 Å². The molecule has 0 saturated carbocycles. The van der Waals surface area contributed by atoms with Gasteiger partial charge < -0.3 is 10.1 Å². The topological polar surface area (TPSA) is 55.4 Å². The molecule has 4 aromatic carbocycles. The Morgan fingerprint density at radius 1 is 0.743 bits per heavy atom. The molecule has 0 unspecified atom stereocenters. The van der Waals surface area contributed by atoms with Crippen LogP contribution in [0.25, 0.3) is 0 Å². The van der Waals surface area contributed by atoms with Crippen molar-refractivity contribution in [3.63, 3.8) is 0 Å². The van der Waals surface area contributed by atoms with Crippen molar-refractivity contribution in [2.45, 2.75) is 17.9 Å². The number of rotatable bonds is 8. The van der Waals surface area contributed by atoms with Crippen molar-refractivity contribution in [2.24, 2.45) is 0 Å². The summed E-state index contributed by atoms with van der Waals surface area (Å²) in [6.45, 7) is 0. The van der Waals surface area contributed by atoms with Crippen LogP contribution in [-0.4, -0.2) is 25.0 Å². The summed E-state index contributed by atoms with van der Waals surface area (Å²) in [5, 5.41) is 3.04. The van der Waals surface area contributed by atoms with E-state index in [-0.39, 0.29) is 5.91 Å². The molecule has 0 saturated heterocycles. The fourth-order valence-corrected chi connectivity index (χ4v) is 4.68. The molecule has 4 rings (SSSR count). The normalized spacial score (nSPS) is 11.9. The molecular weight excluding hydrogens is 502 g/mol. The number of esters is 1. The molecule has 35 heavy (non-hydrogen) atoms. The van der Waals surface area contributed by atoms with Crippen LogP contribution in [0.1, 0.15) is 22.3 Å². The van der Waals surface area contributed by atoms with Gasteiger partial charge in [0.25, 0.3) is 0 Å². The van der Waals surface area contributed by atoms with E-state index in [1.165, 1.54) is 7.11 Å². The third-order valence-electron chi connectivity index (χ3n) is 6.11. The molecule has 0 aliphatic carbocycles. The molecule has 1 amide bonds. The van der Waals surface area contributed by atoms with Gasteiger partial charge in [-0.05, 0) is 34.4 Å².